The van der Waals surface area contributed by atoms with Crippen LogP contribution in [0.15, 0.2) is 30.5 Å². The number of aliphatic hydroxyl groups excluding tert-OH is 3. The van der Waals surface area contributed by atoms with Crippen molar-refractivity contribution in [3.05, 3.63) is 36.0 Å². The van der Waals surface area contributed by atoms with Gasteiger partial charge >= 0.3 is 0 Å². The van der Waals surface area contributed by atoms with Crippen LogP contribution in [0.5, 0.6) is 0 Å². The first-order valence-electron chi connectivity index (χ1n) is 14.3. The molecule has 1 unspecified atom stereocenters. The number of nitrogens with one attached hydrogen (secondary N) is 2. The first-order chi connectivity index (χ1) is 21.1. The largest absolute Gasteiger partial charge is 0.394 e. The van der Waals surface area contributed by atoms with Crippen LogP contribution in [0.3, 0.4) is 0 Å². The van der Waals surface area contributed by atoms with Crippen molar-refractivity contribution < 1.29 is 48.7 Å². The first-order valence-corrected chi connectivity index (χ1v) is 14.3. The van der Waals surface area contributed by atoms with E-state index in [0.717, 1.165) is 5.56 Å². The Kier molecular flexibility index (Phi) is 14.1. The van der Waals surface area contributed by atoms with Crippen LogP contribution >= 0.6 is 0 Å². The molecule has 2 aromatic rings. The Hall–Kier alpha value is -3.51. The molecule has 1 aliphatic rings. The monoisotopic (exact) mass is 622 g/mol. The molecule has 44 heavy (non-hydrogen) atoms. The summed E-state index contributed by atoms with van der Waals surface area (Å²) >= 11 is 0. The number of nitrogens with zero attached hydrogens (tertiary/aromatic N) is 4. The Balaban J connectivity index is 1.30. The van der Waals surface area contributed by atoms with Gasteiger partial charge in [-0.15, -0.1) is 5.10 Å². The molecule has 0 saturated carbocycles. The van der Waals surface area contributed by atoms with Crippen molar-refractivity contribution in [2.45, 2.75) is 50.5 Å². The summed E-state index contributed by atoms with van der Waals surface area (Å²) in [6, 6.07) is 5.93. The van der Waals surface area contributed by atoms with Crippen molar-refractivity contribution in [1.82, 2.24) is 30.5 Å². The molecule has 16 heteroatoms. The molecule has 1 aliphatic heterocycles. The molecule has 0 aliphatic carbocycles. The van der Waals surface area contributed by atoms with Gasteiger partial charge in [-0.25, -0.2) is 4.68 Å². The van der Waals surface area contributed by atoms with Crippen LogP contribution < -0.4 is 10.6 Å². The summed E-state index contributed by atoms with van der Waals surface area (Å²) in [7, 11) is 3.34. The van der Waals surface area contributed by atoms with Crippen LogP contribution in [0, 0.1) is 0 Å². The number of aromatic nitrogens is 3. The third-order valence-corrected chi connectivity index (χ3v) is 6.70. The third-order valence-electron chi connectivity index (χ3n) is 6.70. The molecule has 0 radical (unpaired) electrons. The maximum atomic E-state index is 12.3. The number of amides is 3. The normalized spacial score (nSPS) is 21.5. The second-order valence-corrected chi connectivity index (χ2v) is 10.3. The van der Waals surface area contributed by atoms with Crippen molar-refractivity contribution in [2.75, 3.05) is 60.3 Å². The molecule has 1 saturated heterocycles. The van der Waals surface area contributed by atoms with Crippen LogP contribution in [0.4, 0.5) is 0 Å². The molecule has 16 nitrogen and oxygen atoms in total. The number of carbonyl (C=O) groups excluding carboxylic acids is 3. The number of carbonyl (C=O) groups is 3. The van der Waals surface area contributed by atoms with Crippen molar-refractivity contribution in [3.8, 4) is 11.3 Å². The van der Waals surface area contributed by atoms with E-state index in [1.165, 1.54) is 11.8 Å². The highest BCUT2D eigenvalue weighted by Crippen LogP contribution is 2.22. The second kappa shape index (κ2) is 17.7. The van der Waals surface area contributed by atoms with E-state index in [9.17, 15) is 29.7 Å². The van der Waals surface area contributed by atoms with E-state index in [2.05, 4.69) is 20.9 Å². The molecule has 1 aromatic carbocycles. The lowest BCUT2D eigenvalue weighted by Gasteiger charge is -2.42. The second-order valence-electron chi connectivity index (χ2n) is 10.3. The van der Waals surface area contributed by atoms with Gasteiger partial charge in [-0.2, -0.15) is 0 Å². The van der Waals surface area contributed by atoms with E-state index in [1.807, 2.05) is 0 Å². The number of ether oxygens (including phenoxy) is 4. The van der Waals surface area contributed by atoms with Crippen LogP contribution in [0.25, 0.3) is 11.3 Å². The SMILES string of the molecule is CC(=O)N[C@H]1C(OCCOCCOCCn2cc(-c3ccc(C(=O)NCCC(=O)N(C)C)cc3)nn2)O[C@H](CO)[C@@H](O)[C@@H]1O. The average molecular weight is 623 g/mol. The van der Waals surface area contributed by atoms with E-state index in [-0.39, 0.29) is 38.0 Å². The fraction of sp³-hybridized carbons (Fsp3) is 0.607. The zero-order valence-corrected chi connectivity index (χ0v) is 25.1. The zero-order chi connectivity index (χ0) is 32.1. The van der Waals surface area contributed by atoms with E-state index < -0.39 is 43.2 Å². The number of rotatable bonds is 17. The predicted octanol–water partition coefficient (Wildman–Crippen LogP) is -1.85. The van der Waals surface area contributed by atoms with Crippen LogP contribution in [-0.2, 0) is 35.1 Å². The highest BCUT2D eigenvalue weighted by Gasteiger charge is 2.45. The first kappa shape index (κ1) is 35.0. The van der Waals surface area contributed by atoms with Crippen molar-refractivity contribution in [1.29, 1.82) is 0 Å². The molecule has 5 atom stereocenters. The van der Waals surface area contributed by atoms with Gasteiger partial charge in [-0.1, -0.05) is 17.3 Å². The smallest absolute Gasteiger partial charge is 0.251 e. The summed E-state index contributed by atoms with van der Waals surface area (Å²) in [6.07, 6.45) is -2.86. The Labute approximate surface area is 255 Å². The van der Waals surface area contributed by atoms with Gasteiger partial charge in [0.25, 0.3) is 5.91 Å². The molecule has 0 spiro atoms. The Bertz CT molecular complexity index is 1190. The highest BCUT2D eigenvalue weighted by molar-refractivity contribution is 5.94. The number of hydrogen-bond donors (Lipinski definition) is 5. The van der Waals surface area contributed by atoms with Crippen LogP contribution in [0.2, 0.25) is 0 Å². The van der Waals surface area contributed by atoms with Gasteiger partial charge in [-0.3, -0.25) is 14.4 Å². The molecular weight excluding hydrogens is 580 g/mol. The van der Waals surface area contributed by atoms with E-state index >= 15 is 0 Å². The van der Waals surface area contributed by atoms with Crippen LogP contribution in [0.1, 0.15) is 23.7 Å². The zero-order valence-electron chi connectivity index (χ0n) is 25.1. The topological polar surface area (TPSA) is 207 Å². The quantitative estimate of drug-likeness (QED) is 0.123. The van der Waals surface area contributed by atoms with Crippen molar-refractivity contribution in [3.63, 3.8) is 0 Å². The summed E-state index contributed by atoms with van der Waals surface area (Å²) in [5.74, 6) is -0.747. The number of hydrogen-bond acceptors (Lipinski definition) is 12. The molecule has 5 N–H and O–H groups in total. The Morgan fingerprint density at radius 2 is 1.70 bits per heavy atom. The molecule has 0 bridgehead atoms. The molecule has 1 aromatic heterocycles. The summed E-state index contributed by atoms with van der Waals surface area (Å²) in [5, 5.41) is 43.2. The minimum absolute atomic E-state index is 0.0573. The lowest BCUT2D eigenvalue weighted by atomic mass is 9.97. The van der Waals surface area contributed by atoms with Crippen molar-refractivity contribution >= 4 is 17.7 Å². The fourth-order valence-corrected chi connectivity index (χ4v) is 4.26. The minimum Gasteiger partial charge on any atom is -0.394 e. The third kappa shape index (κ3) is 10.6. The lowest BCUT2D eigenvalue weighted by Crippen LogP contribution is -2.64. The van der Waals surface area contributed by atoms with Crippen LogP contribution in [-0.4, -0.2) is 144 Å². The summed E-state index contributed by atoms with van der Waals surface area (Å²) in [6.45, 7) is 2.71. The average Bonchev–Trinajstić information content (AvgIpc) is 3.48. The van der Waals surface area contributed by atoms with Gasteiger partial charge in [-0.05, 0) is 12.1 Å². The van der Waals surface area contributed by atoms with Gasteiger partial charge in [0, 0.05) is 45.1 Å². The van der Waals surface area contributed by atoms with E-state index in [1.54, 1.807) is 49.2 Å². The minimum atomic E-state index is -1.38. The summed E-state index contributed by atoms with van der Waals surface area (Å²) in [5.41, 5.74) is 1.92. The van der Waals surface area contributed by atoms with Gasteiger partial charge < -0.3 is 49.8 Å². The molecular formula is C28H42N6O10. The highest BCUT2D eigenvalue weighted by atomic mass is 16.7. The molecule has 3 amide bonds. The van der Waals surface area contributed by atoms with Crippen molar-refractivity contribution in [2.24, 2.45) is 0 Å². The molecule has 3 rings (SSSR count). The summed E-state index contributed by atoms with van der Waals surface area (Å²) in [4.78, 5) is 36.9. The molecule has 244 valence electrons. The van der Waals surface area contributed by atoms with E-state index in [4.69, 9.17) is 18.9 Å². The molecule has 2 heterocycles. The fourth-order valence-electron chi connectivity index (χ4n) is 4.26. The maximum absolute atomic E-state index is 12.3. The van der Waals surface area contributed by atoms with Gasteiger partial charge in [0.15, 0.2) is 6.29 Å². The maximum Gasteiger partial charge on any atom is 0.251 e. The summed E-state index contributed by atoms with van der Waals surface area (Å²) < 4.78 is 23.8. The van der Waals surface area contributed by atoms with E-state index in [0.29, 0.717) is 37.6 Å². The Morgan fingerprint density at radius 1 is 1.02 bits per heavy atom. The van der Waals surface area contributed by atoms with Gasteiger partial charge in [0.1, 0.15) is 30.0 Å². The number of benzene rings is 1. The number of aliphatic hydroxyl groups is 3. The molecule has 1 fully saturated rings. The predicted molar refractivity (Wildman–Crippen MR) is 154 cm³/mol. The standard InChI is InChI=1S/C28H42N6O10/c1-18(36)30-24-26(39)25(38)22(17-35)44-28(24)43-15-14-42-13-12-41-11-10-34-16-21(31-32-34)19-4-6-20(7-5-19)27(40)29-9-8-23(37)33(2)3/h4-7,16,22,24-26,28,35,38-39H,8-15,17H2,1-3H3,(H,29,40)(H,30,36)/t22-,24-,25-,26-,28?/m1/s1. The Morgan fingerprint density at radius 3 is 2.36 bits per heavy atom. The van der Waals surface area contributed by atoms with Gasteiger partial charge in [0.05, 0.1) is 52.4 Å². The lowest BCUT2D eigenvalue weighted by molar-refractivity contribution is -0.272. The van der Waals surface area contributed by atoms with Gasteiger partial charge in [0.2, 0.25) is 11.8 Å².